The summed E-state index contributed by atoms with van der Waals surface area (Å²) in [6.45, 7) is 54.1. The van der Waals surface area contributed by atoms with Gasteiger partial charge in [0.05, 0.1) is 24.6 Å². The van der Waals surface area contributed by atoms with Crippen LogP contribution in [0, 0.1) is 6.92 Å². The Morgan fingerprint density at radius 2 is 0.553 bits per heavy atom. The van der Waals surface area contributed by atoms with E-state index in [0.29, 0.717) is 0 Å². The number of ether oxygens (including phenoxy) is 1. The number of aryl methyl sites for hydroxylation is 2. The number of piperazine rings is 1. The molecule has 0 saturated carbocycles. The van der Waals surface area contributed by atoms with E-state index in [-0.39, 0.29) is 0 Å². The number of benzene rings is 4. The molecule has 7 heterocycles. The zero-order valence-electron chi connectivity index (χ0n) is 73.2. The number of hydrogen-bond acceptors (Lipinski definition) is 12. The van der Waals surface area contributed by atoms with Gasteiger partial charge in [0, 0.05) is 123 Å². The molecule has 0 aliphatic carbocycles. The molecule has 4 aromatic heterocycles. The van der Waals surface area contributed by atoms with E-state index in [0.717, 1.165) is 43.5 Å². The van der Waals surface area contributed by atoms with E-state index in [1.165, 1.54) is 82.7 Å². The van der Waals surface area contributed by atoms with Crippen molar-refractivity contribution in [1.29, 1.82) is 0 Å². The van der Waals surface area contributed by atoms with Crippen LogP contribution in [0.1, 0.15) is 176 Å². The van der Waals surface area contributed by atoms with E-state index >= 15 is 0 Å². The van der Waals surface area contributed by atoms with Gasteiger partial charge < -0.3 is 43.6 Å². The van der Waals surface area contributed by atoms with Crippen LogP contribution in [0.3, 0.4) is 0 Å². The number of piperidine rings is 1. The van der Waals surface area contributed by atoms with Crippen LogP contribution in [0.25, 0.3) is 11.4 Å². The van der Waals surface area contributed by atoms with Crippen molar-refractivity contribution in [2.75, 3.05) is 153 Å². The van der Waals surface area contributed by atoms with Gasteiger partial charge in [-0.3, -0.25) is 15.0 Å². The van der Waals surface area contributed by atoms with Crippen LogP contribution in [0.15, 0.2) is 225 Å². The Kier molecular flexibility index (Phi) is 120. The number of morpholine rings is 1. The fourth-order valence-electron chi connectivity index (χ4n) is 6.62. The summed E-state index contributed by atoms with van der Waals surface area (Å²) in [7, 11) is 24.8. The highest BCUT2D eigenvalue weighted by atomic mass is 16.5. The van der Waals surface area contributed by atoms with Gasteiger partial charge in [-0.2, -0.15) is 0 Å². The van der Waals surface area contributed by atoms with E-state index in [1.807, 2.05) is 354 Å². The predicted octanol–water partition coefficient (Wildman–Crippen LogP) is 23.0. The Bertz CT molecular complexity index is 2210. The second-order valence-corrected chi connectivity index (χ2v) is 21.5. The monoisotopic (exact) mass is 1430 g/mol. The van der Waals surface area contributed by atoms with Gasteiger partial charge in [0.1, 0.15) is 5.82 Å². The summed E-state index contributed by atoms with van der Waals surface area (Å²) in [6.07, 6.45) is 17.5. The number of anilines is 2. The first kappa shape index (κ1) is 117. The number of nitrogens with zero attached hydrogens (tertiary/aromatic N) is 12. The lowest BCUT2D eigenvalue weighted by molar-refractivity contribution is 0.0503. The zero-order chi connectivity index (χ0) is 80.8. The molecule has 0 atom stereocenters. The van der Waals surface area contributed by atoms with E-state index in [1.54, 1.807) is 31.0 Å². The Hall–Kier alpha value is -7.10. The second kappa shape index (κ2) is 106. The Morgan fingerprint density at radius 1 is 0.311 bits per heavy atom. The lowest BCUT2D eigenvalue weighted by Crippen LogP contribution is -2.42. The average molecular weight is 1430 g/mol. The van der Waals surface area contributed by atoms with Gasteiger partial charge in [-0.1, -0.05) is 285 Å². The smallest absolute Gasteiger partial charge is 0.105 e. The van der Waals surface area contributed by atoms with Crippen LogP contribution < -0.4 is 9.80 Å². The molecule has 0 bridgehead atoms. The largest absolute Gasteiger partial charge is 0.379 e. The SMILES string of the molecule is CC.CC.CC.CC.CC.CC.CC.CC.CCC.CCC.CN(C)C.CN(C)c1ccccc1.CN(C)c1ccccc1.CN1CCCCC1.CN1CCN(C)CC1.CN1CCOCC1.Cc1nccn1C.c1ccc(-c2ccccn2)nc1.c1ccccc1.c1ccccc1.c1ccncc1. The summed E-state index contributed by atoms with van der Waals surface area (Å²) in [6, 6.07) is 61.8. The van der Waals surface area contributed by atoms with Crippen molar-refractivity contribution in [3.05, 3.63) is 231 Å². The molecule has 3 aliphatic heterocycles. The maximum atomic E-state index is 5.10. The number of likely N-dealkylation sites (tertiary alicyclic amines) is 1. The van der Waals surface area contributed by atoms with Crippen molar-refractivity contribution in [2.45, 2.75) is 178 Å². The molecule has 0 unspecified atom stereocenters. The first-order valence-corrected chi connectivity index (χ1v) is 39.0. The molecular weight excluding hydrogens is 1270 g/mol. The number of imidazole rings is 1. The quantitative estimate of drug-likeness (QED) is 0.169. The van der Waals surface area contributed by atoms with Crippen molar-refractivity contribution < 1.29 is 4.74 Å². The highest BCUT2D eigenvalue weighted by Crippen LogP contribution is 2.11. The van der Waals surface area contributed by atoms with Crippen LogP contribution in [-0.2, 0) is 11.8 Å². The molecule has 103 heavy (non-hydrogen) atoms. The first-order valence-electron chi connectivity index (χ1n) is 39.0. The van der Waals surface area contributed by atoms with E-state index in [9.17, 15) is 0 Å². The van der Waals surface area contributed by atoms with Gasteiger partial charge >= 0.3 is 0 Å². The number of para-hydroxylation sites is 2. The molecule has 11 rings (SSSR count). The molecule has 0 N–H and O–H groups in total. The summed E-state index contributed by atoms with van der Waals surface area (Å²) in [5.41, 5.74) is 4.33. The first-order chi connectivity index (χ1) is 50.0. The van der Waals surface area contributed by atoms with Crippen LogP contribution in [0.5, 0.6) is 0 Å². The minimum absolute atomic E-state index is 0.913. The highest BCUT2D eigenvalue weighted by Gasteiger charge is 2.08. The maximum Gasteiger partial charge on any atom is 0.105 e. The van der Waals surface area contributed by atoms with Gasteiger partial charge in [-0.25, -0.2) is 4.98 Å². The molecule has 13 nitrogen and oxygen atoms in total. The highest BCUT2D eigenvalue weighted by molar-refractivity contribution is 5.52. The molecular formula is C90H166N12O. The molecule has 0 amide bonds. The molecule has 4 aromatic carbocycles. The number of likely N-dealkylation sites (N-methyl/N-ethyl adjacent to an activating group) is 3. The van der Waals surface area contributed by atoms with Gasteiger partial charge in [0.25, 0.3) is 0 Å². The van der Waals surface area contributed by atoms with Crippen LogP contribution in [0.2, 0.25) is 0 Å². The minimum atomic E-state index is 0.913. The zero-order valence-corrected chi connectivity index (χ0v) is 73.2. The summed E-state index contributed by atoms with van der Waals surface area (Å²) >= 11 is 0. The molecule has 3 fully saturated rings. The molecule has 592 valence electrons. The van der Waals surface area contributed by atoms with Gasteiger partial charge in [0.2, 0.25) is 0 Å². The van der Waals surface area contributed by atoms with Gasteiger partial charge in [-0.15, -0.1) is 0 Å². The third-order valence-electron chi connectivity index (χ3n) is 11.6. The topological polar surface area (TPSA) is 88.4 Å². The predicted molar refractivity (Wildman–Crippen MR) is 471 cm³/mol. The lowest BCUT2D eigenvalue weighted by Gasteiger charge is -2.28. The normalized spacial score (nSPS) is 11.4. The van der Waals surface area contributed by atoms with E-state index < -0.39 is 0 Å². The molecule has 3 saturated heterocycles. The summed E-state index contributed by atoms with van der Waals surface area (Å²) < 4.78 is 7.07. The van der Waals surface area contributed by atoms with Crippen molar-refractivity contribution in [3.8, 4) is 11.4 Å². The standard InChI is InChI=1S/C10H8N2.2C8H11N.C6H14N2.C6H13N.2C6H6.C5H8N2.C5H11NO.C5H5N.C3H9N.2C3H8.8C2H6/c1-3-7-11-9(5-1)10-6-2-4-8-12-10;2*1-9(2)8-6-4-3-5-7-8;1-7-3-5-8(2)6-4-7;1-7-5-3-2-4-6-7;2*1-2-4-6-5-3-1;1-5-6-3-4-7(5)2;1-6-2-4-7-5-3-6;1-2-4-6-5-3-1;1-4(2)3;2*1-3-2;8*1-2/h1-8H;2*3-7H,1-2H3;3-6H2,1-2H3;2-6H2,1H3;2*1-6H;3-4H,1-2H3;2-5H2,1H3;1-5H;1-3H3;2*3H2,1-2H3;8*1-2H3. The van der Waals surface area contributed by atoms with Crippen molar-refractivity contribution in [3.63, 3.8) is 0 Å². The Labute approximate surface area is 641 Å². The van der Waals surface area contributed by atoms with E-state index in [4.69, 9.17) is 4.74 Å². The van der Waals surface area contributed by atoms with Crippen molar-refractivity contribution in [2.24, 2.45) is 7.05 Å². The van der Waals surface area contributed by atoms with Crippen LogP contribution in [0.4, 0.5) is 11.4 Å². The molecule has 0 radical (unpaired) electrons. The number of aromatic nitrogens is 5. The van der Waals surface area contributed by atoms with Crippen molar-refractivity contribution in [1.82, 2.24) is 49.0 Å². The maximum absolute atomic E-state index is 5.10. The number of pyridine rings is 3. The lowest BCUT2D eigenvalue weighted by atomic mass is 10.1. The Balaban J connectivity index is -0.000000113. The Morgan fingerprint density at radius 3 is 0.709 bits per heavy atom. The third-order valence-corrected chi connectivity index (χ3v) is 11.6. The molecule has 0 spiro atoms. The fourth-order valence-corrected chi connectivity index (χ4v) is 6.62. The summed E-state index contributed by atoms with van der Waals surface area (Å²) in [4.78, 5) is 31.7. The van der Waals surface area contributed by atoms with Crippen molar-refractivity contribution >= 4 is 11.4 Å². The molecule has 8 aromatic rings. The minimum Gasteiger partial charge on any atom is -0.379 e. The molecule has 3 aliphatic rings. The number of hydrogen-bond donors (Lipinski definition) is 0. The van der Waals surface area contributed by atoms with Crippen LogP contribution in [-0.4, -0.2) is 192 Å². The average Bonchev–Trinajstić information content (AvgIpc) is 1.50. The second-order valence-electron chi connectivity index (χ2n) is 21.5. The number of rotatable bonds is 3. The summed E-state index contributed by atoms with van der Waals surface area (Å²) in [5, 5.41) is 0. The van der Waals surface area contributed by atoms with Crippen LogP contribution >= 0.6 is 0 Å². The molecule has 13 heteroatoms. The van der Waals surface area contributed by atoms with Gasteiger partial charge in [-0.05, 0) is 143 Å². The third kappa shape index (κ3) is 99.1. The van der Waals surface area contributed by atoms with Gasteiger partial charge in [0.15, 0.2) is 0 Å². The van der Waals surface area contributed by atoms with E-state index in [2.05, 4.69) is 129 Å². The summed E-state index contributed by atoms with van der Waals surface area (Å²) in [5.74, 6) is 1.06. The fraction of sp³-hybridized carbons (Fsp3) is 0.533.